The van der Waals surface area contributed by atoms with Gasteiger partial charge in [-0.2, -0.15) is 0 Å². The predicted octanol–water partition coefficient (Wildman–Crippen LogP) is 2.80. The highest BCUT2D eigenvalue weighted by Gasteiger charge is 2.20. The number of amides is 2. The SMILES string of the molecule is COc1ccc(NC(C)=O)c(NC(=O)CSc2nnc(CN3CCOCC3)n2-c2ccccc2)c1. The van der Waals surface area contributed by atoms with E-state index in [2.05, 4.69) is 25.7 Å². The molecule has 35 heavy (non-hydrogen) atoms. The third-order valence-electron chi connectivity index (χ3n) is 5.33. The molecule has 2 aromatic carbocycles. The van der Waals surface area contributed by atoms with Crippen molar-refractivity contribution in [1.29, 1.82) is 0 Å². The van der Waals surface area contributed by atoms with Crippen molar-refractivity contribution in [3.8, 4) is 11.4 Å². The van der Waals surface area contributed by atoms with Crippen molar-refractivity contribution in [1.82, 2.24) is 19.7 Å². The number of rotatable bonds is 9. The summed E-state index contributed by atoms with van der Waals surface area (Å²) >= 11 is 1.30. The van der Waals surface area contributed by atoms with Crippen molar-refractivity contribution >= 4 is 35.0 Å². The van der Waals surface area contributed by atoms with Gasteiger partial charge in [0, 0.05) is 31.8 Å². The molecule has 1 saturated heterocycles. The van der Waals surface area contributed by atoms with E-state index in [4.69, 9.17) is 9.47 Å². The number of carbonyl (C=O) groups is 2. The monoisotopic (exact) mass is 496 g/mol. The van der Waals surface area contributed by atoms with Crippen LogP contribution >= 0.6 is 11.8 Å². The number of nitrogens with one attached hydrogen (secondary N) is 2. The number of anilines is 2. The summed E-state index contributed by atoms with van der Waals surface area (Å²) in [6.07, 6.45) is 0. The van der Waals surface area contributed by atoms with Crippen LogP contribution in [0.1, 0.15) is 12.7 Å². The standard InChI is InChI=1S/C24H28N6O4S/c1-17(31)25-20-9-8-19(33-2)14-21(20)26-23(32)16-35-24-28-27-22(15-29-10-12-34-13-11-29)30(24)18-6-4-3-5-7-18/h3-9,14H,10-13,15-16H2,1-2H3,(H,25,31)(H,26,32). The van der Waals surface area contributed by atoms with Crippen molar-refractivity contribution in [2.45, 2.75) is 18.6 Å². The maximum atomic E-state index is 12.8. The zero-order valence-corrected chi connectivity index (χ0v) is 20.5. The Hall–Kier alpha value is -3.41. The first-order valence-corrected chi connectivity index (χ1v) is 12.2. The maximum Gasteiger partial charge on any atom is 0.234 e. The third kappa shape index (κ3) is 6.59. The molecule has 1 aliphatic rings. The Morgan fingerprint density at radius 1 is 1.06 bits per heavy atom. The summed E-state index contributed by atoms with van der Waals surface area (Å²) in [5.74, 6) is 1.01. The van der Waals surface area contributed by atoms with Crippen LogP contribution < -0.4 is 15.4 Å². The fourth-order valence-electron chi connectivity index (χ4n) is 3.66. The van der Waals surface area contributed by atoms with Gasteiger partial charge in [0.15, 0.2) is 11.0 Å². The molecule has 0 aliphatic carbocycles. The highest BCUT2D eigenvalue weighted by atomic mass is 32.2. The summed E-state index contributed by atoms with van der Waals surface area (Å²) < 4.78 is 12.7. The molecule has 0 atom stereocenters. The lowest BCUT2D eigenvalue weighted by molar-refractivity contribution is -0.115. The van der Waals surface area contributed by atoms with Crippen molar-refractivity contribution in [3.05, 3.63) is 54.4 Å². The Labute approximate surface area is 208 Å². The summed E-state index contributed by atoms with van der Waals surface area (Å²) in [4.78, 5) is 26.7. The Morgan fingerprint density at radius 3 is 2.54 bits per heavy atom. The molecule has 0 radical (unpaired) electrons. The molecule has 0 bridgehead atoms. The fraction of sp³-hybridized carbons (Fsp3) is 0.333. The fourth-order valence-corrected chi connectivity index (χ4v) is 4.43. The second kappa shape index (κ2) is 11.8. The van der Waals surface area contributed by atoms with Crippen molar-refractivity contribution < 1.29 is 19.1 Å². The van der Waals surface area contributed by atoms with E-state index in [1.54, 1.807) is 25.3 Å². The number of para-hydroxylation sites is 1. The smallest absolute Gasteiger partial charge is 0.234 e. The van der Waals surface area contributed by atoms with E-state index in [9.17, 15) is 9.59 Å². The van der Waals surface area contributed by atoms with Crippen LogP contribution in [0.25, 0.3) is 5.69 Å². The average Bonchev–Trinajstić information content (AvgIpc) is 3.27. The van der Waals surface area contributed by atoms with E-state index in [1.165, 1.54) is 18.7 Å². The van der Waals surface area contributed by atoms with Crippen LogP contribution in [0.5, 0.6) is 5.75 Å². The number of aromatic nitrogens is 3. The van der Waals surface area contributed by atoms with Gasteiger partial charge in [-0.05, 0) is 24.3 Å². The first-order valence-electron chi connectivity index (χ1n) is 11.2. The number of methoxy groups -OCH3 is 1. The first kappa shape index (κ1) is 24.7. The maximum absolute atomic E-state index is 12.8. The summed E-state index contributed by atoms with van der Waals surface area (Å²) in [6.45, 7) is 5.13. The molecule has 1 aliphatic heterocycles. The van der Waals surface area contributed by atoms with Gasteiger partial charge in [-0.3, -0.25) is 19.1 Å². The topological polar surface area (TPSA) is 111 Å². The predicted molar refractivity (Wildman–Crippen MR) is 134 cm³/mol. The minimum Gasteiger partial charge on any atom is -0.497 e. The van der Waals surface area contributed by atoms with E-state index in [-0.39, 0.29) is 17.6 Å². The van der Waals surface area contributed by atoms with Crippen LogP contribution in [0, 0.1) is 0 Å². The van der Waals surface area contributed by atoms with Gasteiger partial charge in [0.2, 0.25) is 11.8 Å². The summed E-state index contributed by atoms with van der Waals surface area (Å²) in [6, 6.07) is 14.9. The van der Waals surface area contributed by atoms with Gasteiger partial charge in [0.25, 0.3) is 0 Å². The summed E-state index contributed by atoms with van der Waals surface area (Å²) in [5.41, 5.74) is 1.89. The van der Waals surface area contributed by atoms with E-state index in [0.717, 1.165) is 24.6 Å². The molecule has 2 N–H and O–H groups in total. The molecule has 1 fully saturated rings. The molecule has 2 heterocycles. The zero-order chi connectivity index (χ0) is 24.6. The van der Waals surface area contributed by atoms with Crippen LogP contribution in [0.3, 0.4) is 0 Å². The van der Waals surface area contributed by atoms with E-state index < -0.39 is 0 Å². The molecule has 0 spiro atoms. The molecule has 3 aromatic rings. The van der Waals surface area contributed by atoms with Crippen LogP contribution in [0.2, 0.25) is 0 Å². The summed E-state index contributed by atoms with van der Waals surface area (Å²) in [7, 11) is 1.54. The molecule has 10 nitrogen and oxygen atoms in total. The lowest BCUT2D eigenvalue weighted by Gasteiger charge is -2.26. The molecule has 184 valence electrons. The Balaban J connectivity index is 1.49. The number of carbonyl (C=O) groups excluding carboxylic acids is 2. The Kier molecular flexibility index (Phi) is 8.35. The van der Waals surface area contributed by atoms with Gasteiger partial charge in [0.05, 0.1) is 44.0 Å². The van der Waals surface area contributed by atoms with Gasteiger partial charge in [-0.25, -0.2) is 0 Å². The second-order valence-electron chi connectivity index (χ2n) is 7.89. The van der Waals surface area contributed by atoms with Gasteiger partial charge in [0.1, 0.15) is 5.75 Å². The van der Waals surface area contributed by atoms with Crippen molar-refractivity contribution in [2.75, 3.05) is 49.8 Å². The number of nitrogens with zero attached hydrogens (tertiary/aromatic N) is 4. The largest absolute Gasteiger partial charge is 0.497 e. The third-order valence-corrected chi connectivity index (χ3v) is 6.26. The number of ether oxygens (including phenoxy) is 2. The quantitative estimate of drug-likeness (QED) is 0.435. The molecular weight excluding hydrogens is 468 g/mol. The lowest BCUT2D eigenvalue weighted by Crippen LogP contribution is -2.36. The van der Waals surface area contributed by atoms with Gasteiger partial charge in [-0.15, -0.1) is 10.2 Å². The highest BCUT2D eigenvalue weighted by Crippen LogP contribution is 2.28. The second-order valence-corrected chi connectivity index (χ2v) is 8.83. The number of hydrogen-bond acceptors (Lipinski definition) is 8. The first-order chi connectivity index (χ1) is 17.0. The minimum atomic E-state index is -0.243. The number of thioether (sulfide) groups is 1. The molecule has 1 aromatic heterocycles. The van der Waals surface area contributed by atoms with E-state index >= 15 is 0 Å². The normalized spacial score (nSPS) is 13.9. The number of morpholine rings is 1. The average molecular weight is 497 g/mol. The van der Waals surface area contributed by atoms with Crippen molar-refractivity contribution in [3.63, 3.8) is 0 Å². The Morgan fingerprint density at radius 2 is 1.83 bits per heavy atom. The highest BCUT2D eigenvalue weighted by molar-refractivity contribution is 7.99. The number of benzene rings is 2. The van der Waals surface area contributed by atoms with Gasteiger partial charge < -0.3 is 20.1 Å². The summed E-state index contributed by atoms with van der Waals surface area (Å²) in [5, 5.41) is 15.0. The zero-order valence-electron chi connectivity index (χ0n) is 19.7. The number of hydrogen-bond donors (Lipinski definition) is 2. The van der Waals surface area contributed by atoms with E-state index in [1.807, 2.05) is 34.9 Å². The Bertz CT molecular complexity index is 1160. The molecule has 0 unspecified atom stereocenters. The molecular formula is C24H28N6O4S. The van der Waals surface area contributed by atoms with Gasteiger partial charge in [-0.1, -0.05) is 30.0 Å². The molecule has 4 rings (SSSR count). The molecule has 2 amide bonds. The van der Waals surface area contributed by atoms with Crippen LogP contribution in [-0.2, 0) is 20.9 Å². The van der Waals surface area contributed by atoms with Gasteiger partial charge >= 0.3 is 0 Å². The molecule has 0 saturated carbocycles. The minimum absolute atomic E-state index is 0.110. The van der Waals surface area contributed by atoms with Crippen LogP contribution in [0.4, 0.5) is 11.4 Å². The lowest BCUT2D eigenvalue weighted by atomic mass is 10.2. The van der Waals surface area contributed by atoms with E-state index in [0.29, 0.717) is 42.0 Å². The molecule has 11 heteroatoms. The van der Waals surface area contributed by atoms with Crippen molar-refractivity contribution in [2.24, 2.45) is 0 Å². The van der Waals surface area contributed by atoms with Crippen LogP contribution in [-0.4, -0.2) is 70.6 Å². The van der Waals surface area contributed by atoms with Crippen LogP contribution in [0.15, 0.2) is 53.7 Å².